The van der Waals surface area contributed by atoms with Gasteiger partial charge >= 0.3 is 0 Å². The summed E-state index contributed by atoms with van der Waals surface area (Å²) < 4.78 is 5.99. The second-order valence-electron chi connectivity index (χ2n) is 7.01. The van der Waals surface area contributed by atoms with Crippen molar-refractivity contribution in [2.45, 2.75) is 47.2 Å². The van der Waals surface area contributed by atoms with Crippen LogP contribution in [0.15, 0.2) is 10.5 Å². The van der Waals surface area contributed by atoms with E-state index in [1.54, 1.807) is 0 Å². The van der Waals surface area contributed by atoms with Gasteiger partial charge in [-0.25, -0.2) is 0 Å². The molecule has 0 bridgehead atoms. The molecule has 0 saturated heterocycles. The topological polar surface area (TPSA) is 28.4 Å². The average Bonchev–Trinajstić information content (AvgIpc) is 2.90. The lowest BCUT2D eigenvalue weighted by molar-refractivity contribution is 0.275. The molecule has 2 rings (SSSR count). The van der Waals surface area contributed by atoms with Crippen LogP contribution in [0.5, 0.6) is 0 Å². The summed E-state index contributed by atoms with van der Waals surface area (Å²) >= 11 is 0. The summed E-state index contributed by atoms with van der Waals surface area (Å²) in [6.45, 7) is 12.9. The van der Waals surface area contributed by atoms with Gasteiger partial charge in [-0.05, 0) is 56.3 Å². The minimum atomic E-state index is 0.677. The van der Waals surface area contributed by atoms with Crippen molar-refractivity contribution in [1.29, 1.82) is 0 Å². The minimum Gasteiger partial charge on any atom is -0.463 e. The van der Waals surface area contributed by atoms with Gasteiger partial charge in [0.25, 0.3) is 0 Å². The Bertz CT molecular complexity index is 425. The Morgan fingerprint density at radius 3 is 2.75 bits per heavy atom. The Labute approximate surface area is 123 Å². The van der Waals surface area contributed by atoms with Gasteiger partial charge in [0, 0.05) is 6.54 Å². The Balaban J connectivity index is 1.80. The molecule has 1 N–H and O–H groups in total. The fourth-order valence-corrected chi connectivity index (χ4v) is 2.70. The maximum Gasteiger partial charge on any atom is 0.120 e. The molecule has 20 heavy (non-hydrogen) atoms. The van der Waals surface area contributed by atoms with E-state index in [1.807, 2.05) is 0 Å². The molecule has 0 radical (unpaired) electrons. The van der Waals surface area contributed by atoms with Crippen molar-refractivity contribution in [3.8, 4) is 0 Å². The number of furan rings is 1. The summed E-state index contributed by atoms with van der Waals surface area (Å²) in [5, 5.41) is 3.45. The Morgan fingerprint density at radius 2 is 2.15 bits per heavy atom. The molecule has 3 nitrogen and oxygen atoms in total. The highest BCUT2D eigenvalue weighted by molar-refractivity contribution is 5.20. The lowest BCUT2D eigenvalue weighted by atomic mass is 10.2. The number of nitrogens with one attached hydrogen (secondary N) is 1. The highest BCUT2D eigenvalue weighted by Crippen LogP contribution is 2.38. The second-order valence-corrected chi connectivity index (χ2v) is 7.01. The molecule has 3 heteroatoms. The Morgan fingerprint density at radius 1 is 1.45 bits per heavy atom. The number of nitrogens with zero attached hydrogens (tertiary/aromatic N) is 1. The standard InChI is InChI=1S/C17H30N2O/c1-12(2)8-18-9-17-14(4)7-16(20-17)11-19(5)10-15-6-13(15)3/h7,12-13,15,18H,6,8-11H2,1-5H3. The van der Waals surface area contributed by atoms with Crippen LogP contribution in [0.2, 0.25) is 0 Å². The van der Waals surface area contributed by atoms with Crippen LogP contribution in [0.3, 0.4) is 0 Å². The third-order valence-corrected chi connectivity index (χ3v) is 4.16. The van der Waals surface area contributed by atoms with Crippen LogP contribution in [0, 0.1) is 24.7 Å². The maximum absolute atomic E-state index is 5.99. The number of hydrogen-bond donors (Lipinski definition) is 1. The molecule has 1 saturated carbocycles. The second kappa shape index (κ2) is 6.77. The quantitative estimate of drug-likeness (QED) is 0.790. The van der Waals surface area contributed by atoms with E-state index >= 15 is 0 Å². The van der Waals surface area contributed by atoms with Gasteiger partial charge in [0.1, 0.15) is 11.5 Å². The van der Waals surface area contributed by atoms with E-state index in [-0.39, 0.29) is 0 Å². The summed E-state index contributed by atoms with van der Waals surface area (Å²) in [4.78, 5) is 2.39. The zero-order valence-electron chi connectivity index (χ0n) is 13.7. The SMILES string of the molecule is Cc1cc(CN(C)CC2CC2C)oc1CNCC(C)C. The molecule has 1 aliphatic carbocycles. The van der Waals surface area contributed by atoms with Crippen molar-refractivity contribution < 1.29 is 4.42 Å². The monoisotopic (exact) mass is 278 g/mol. The lowest BCUT2D eigenvalue weighted by Gasteiger charge is -2.14. The van der Waals surface area contributed by atoms with Gasteiger partial charge < -0.3 is 9.73 Å². The third-order valence-electron chi connectivity index (χ3n) is 4.16. The first-order valence-electron chi connectivity index (χ1n) is 7.93. The Kier molecular flexibility index (Phi) is 5.28. The van der Waals surface area contributed by atoms with E-state index in [9.17, 15) is 0 Å². The molecule has 1 aliphatic rings. The van der Waals surface area contributed by atoms with Crippen LogP contribution in [-0.2, 0) is 13.1 Å². The Hall–Kier alpha value is -0.800. The van der Waals surface area contributed by atoms with Crippen LogP contribution in [-0.4, -0.2) is 25.0 Å². The van der Waals surface area contributed by atoms with E-state index in [4.69, 9.17) is 4.42 Å². The van der Waals surface area contributed by atoms with Crippen molar-refractivity contribution >= 4 is 0 Å². The predicted molar refractivity (Wildman–Crippen MR) is 83.6 cm³/mol. The van der Waals surface area contributed by atoms with Crippen molar-refractivity contribution in [3.05, 3.63) is 23.2 Å². The molecule has 1 heterocycles. The van der Waals surface area contributed by atoms with E-state index in [2.05, 4.69) is 51.0 Å². The molecule has 0 amide bonds. The van der Waals surface area contributed by atoms with Gasteiger partial charge in [0.15, 0.2) is 0 Å². The fraction of sp³-hybridized carbons (Fsp3) is 0.765. The maximum atomic E-state index is 5.99. The molecule has 1 aromatic heterocycles. The summed E-state index contributed by atoms with van der Waals surface area (Å²) in [6, 6.07) is 2.19. The minimum absolute atomic E-state index is 0.677. The first-order valence-corrected chi connectivity index (χ1v) is 7.93. The average molecular weight is 278 g/mol. The van der Waals surface area contributed by atoms with Gasteiger partial charge in [0.2, 0.25) is 0 Å². The third kappa shape index (κ3) is 4.64. The number of aryl methyl sites for hydroxylation is 1. The van der Waals surface area contributed by atoms with Crippen molar-refractivity contribution in [2.75, 3.05) is 20.1 Å². The van der Waals surface area contributed by atoms with Gasteiger partial charge in [-0.15, -0.1) is 0 Å². The predicted octanol–water partition coefficient (Wildman–Crippen LogP) is 3.42. The smallest absolute Gasteiger partial charge is 0.120 e. The van der Waals surface area contributed by atoms with Crippen molar-refractivity contribution in [1.82, 2.24) is 10.2 Å². The summed E-state index contributed by atoms with van der Waals surface area (Å²) in [6.07, 6.45) is 1.39. The molecule has 1 fully saturated rings. The first kappa shape index (κ1) is 15.6. The van der Waals surface area contributed by atoms with Crippen LogP contribution in [0.1, 0.15) is 44.3 Å². The zero-order valence-corrected chi connectivity index (χ0v) is 13.7. The van der Waals surface area contributed by atoms with Crippen LogP contribution in [0.25, 0.3) is 0 Å². The zero-order chi connectivity index (χ0) is 14.7. The largest absolute Gasteiger partial charge is 0.463 e. The van der Waals surface area contributed by atoms with Crippen molar-refractivity contribution in [2.24, 2.45) is 17.8 Å². The van der Waals surface area contributed by atoms with Crippen LogP contribution < -0.4 is 5.32 Å². The molecule has 0 spiro atoms. The van der Waals surface area contributed by atoms with Gasteiger partial charge in [0.05, 0.1) is 13.1 Å². The van der Waals surface area contributed by atoms with Crippen molar-refractivity contribution in [3.63, 3.8) is 0 Å². The molecule has 2 atom stereocenters. The number of hydrogen-bond acceptors (Lipinski definition) is 3. The molecule has 0 aliphatic heterocycles. The van der Waals surface area contributed by atoms with Crippen LogP contribution in [0.4, 0.5) is 0 Å². The lowest BCUT2D eigenvalue weighted by Crippen LogP contribution is -2.20. The number of rotatable bonds is 8. The van der Waals surface area contributed by atoms with Gasteiger partial charge in [-0.1, -0.05) is 20.8 Å². The van der Waals surface area contributed by atoms with Gasteiger partial charge in [-0.3, -0.25) is 4.90 Å². The van der Waals surface area contributed by atoms with E-state index in [0.717, 1.165) is 43.0 Å². The van der Waals surface area contributed by atoms with E-state index < -0.39 is 0 Å². The first-order chi connectivity index (χ1) is 9.45. The molecule has 2 unspecified atom stereocenters. The fourth-order valence-electron chi connectivity index (χ4n) is 2.70. The summed E-state index contributed by atoms with van der Waals surface area (Å²) in [7, 11) is 2.19. The molecule has 0 aromatic carbocycles. The summed E-state index contributed by atoms with van der Waals surface area (Å²) in [5.74, 6) is 4.69. The highest BCUT2D eigenvalue weighted by Gasteiger charge is 2.33. The summed E-state index contributed by atoms with van der Waals surface area (Å²) in [5.41, 5.74) is 1.27. The molecule has 1 aromatic rings. The van der Waals surface area contributed by atoms with Gasteiger partial charge in [-0.2, -0.15) is 0 Å². The molecular formula is C17H30N2O. The molecule has 114 valence electrons. The van der Waals surface area contributed by atoms with Crippen LogP contribution >= 0.6 is 0 Å². The molecular weight excluding hydrogens is 248 g/mol. The normalized spacial score (nSPS) is 21.9. The van der Waals surface area contributed by atoms with E-state index in [0.29, 0.717) is 5.92 Å². The highest BCUT2D eigenvalue weighted by atomic mass is 16.3. The van der Waals surface area contributed by atoms with E-state index in [1.165, 1.54) is 18.5 Å².